The molecule has 3 N–H and O–H groups in total. The highest BCUT2D eigenvalue weighted by molar-refractivity contribution is 7.20. The number of benzene rings is 1. The standard InChI is InChI=1S/C22H29N3OS/c26-22(21-10-14-4-1-2-6-20(14)27-21)25-19(18-5-3-9-24-18)11-17-15-7-8-16(17)13-23-12-15/h1-2,4,6,10,15-19,23-24H,3,5,7-9,11-13H2,(H,25,26). The van der Waals surface area contributed by atoms with Crippen LogP contribution in [0.5, 0.6) is 0 Å². The van der Waals surface area contributed by atoms with Crippen LogP contribution in [0.1, 0.15) is 41.8 Å². The highest BCUT2D eigenvalue weighted by Crippen LogP contribution is 2.42. The average molecular weight is 384 g/mol. The molecule has 1 aromatic carbocycles. The first-order chi connectivity index (χ1) is 13.3. The molecule has 5 rings (SSSR count). The van der Waals surface area contributed by atoms with Crippen LogP contribution in [0.2, 0.25) is 0 Å². The number of nitrogens with one attached hydrogen (secondary N) is 3. The molecule has 5 heteroatoms. The summed E-state index contributed by atoms with van der Waals surface area (Å²) >= 11 is 1.61. The molecule has 27 heavy (non-hydrogen) atoms. The Hall–Kier alpha value is -1.43. The third-order valence-corrected chi connectivity index (χ3v) is 8.12. The number of rotatable bonds is 5. The quantitative estimate of drug-likeness (QED) is 0.742. The van der Waals surface area contributed by atoms with Gasteiger partial charge < -0.3 is 16.0 Å². The van der Waals surface area contributed by atoms with Gasteiger partial charge in [-0.15, -0.1) is 11.3 Å². The maximum absolute atomic E-state index is 13.1. The summed E-state index contributed by atoms with van der Waals surface area (Å²) in [4.78, 5) is 13.9. The SMILES string of the molecule is O=C(NC(CC1C2CCC1CNC2)C1CCCN1)c1cc2ccccc2s1. The number of fused-ring (bicyclic) bond motifs is 3. The van der Waals surface area contributed by atoms with Gasteiger partial charge in [0, 0.05) is 16.8 Å². The molecule has 2 aromatic rings. The molecule has 144 valence electrons. The van der Waals surface area contributed by atoms with E-state index in [0.717, 1.165) is 48.7 Å². The van der Waals surface area contributed by atoms with Gasteiger partial charge in [0.25, 0.3) is 5.91 Å². The zero-order chi connectivity index (χ0) is 18.2. The second-order valence-corrected chi connectivity index (χ2v) is 9.67. The number of hydrogen-bond acceptors (Lipinski definition) is 4. The number of carbonyl (C=O) groups excluding carboxylic acids is 1. The van der Waals surface area contributed by atoms with Crippen molar-refractivity contribution in [2.24, 2.45) is 17.8 Å². The van der Waals surface area contributed by atoms with Gasteiger partial charge in [0.15, 0.2) is 0 Å². The highest BCUT2D eigenvalue weighted by atomic mass is 32.1. The van der Waals surface area contributed by atoms with E-state index in [1.54, 1.807) is 11.3 Å². The van der Waals surface area contributed by atoms with Crippen molar-refractivity contribution < 1.29 is 4.79 Å². The lowest BCUT2D eigenvalue weighted by atomic mass is 9.80. The Bertz CT molecular complexity index is 764. The van der Waals surface area contributed by atoms with Gasteiger partial charge in [-0.25, -0.2) is 0 Å². The Kier molecular flexibility index (Phi) is 4.92. The van der Waals surface area contributed by atoms with Crippen molar-refractivity contribution in [2.45, 2.75) is 44.2 Å². The van der Waals surface area contributed by atoms with Crippen molar-refractivity contribution in [3.63, 3.8) is 0 Å². The normalized spacial score (nSPS) is 31.3. The van der Waals surface area contributed by atoms with E-state index in [4.69, 9.17) is 0 Å². The van der Waals surface area contributed by atoms with Crippen molar-refractivity contribution in [3.05, 3.63) is 35.2 Å². The summed E-state index contributed by atoms with van der Waals surface area (Å²) in [6.45, 7) is 3.41. The zero-order valence-corrected chi connectivity index (χ0v) is 16.6. The fourth-order valence-corrected chi connectivity index (χ4v) is 6.56. The van der Waals surface area contributed by atoms with E-state index in [9.17, 15) is 4.79 Å². The summed E-state index contributed by atoms with van der Waals surface area (Å²) in [5.41, 5.74) is 0. The largest absolute Gasteiger partial charge is 0.347 e. The van der Waals surface area contributed by atoms with Gasteiger partial charge in [-0.3, -0.25) is 4.79 Å². The van der Waals surface area contributed by atoms with E-state index in [2.05, 4.69) is 28.1 Å². The molecule has 1 aliphatic carbocycles. The zero-order valence-electron chi connectivity index (χ0n) is 15.7. The van der Waals surface area contributed by atoms with E-state index in [0.29, 0.717) is 6.04 Å². The van der Waals surface area contributed by atoms with Crippen LogP contribution in [0, 0.1) is 17.8 Å². The van der Waals surface area contributed by atoms with Crippen molar-refractivity contribution in [2.75, 3.05) is 19.6 Å². The summed E-state index contributed by atoms with van der Waals surface area (Å²) < 4.78 is 1.19. The van der Waals surface area contributed by atoms with Crippen molar-refractivity contribution >= 4 is 27.3 Å². The molecule has 3 heterocycles. The number of carbonyl (C=O) groups is 1. The lowest BCUT2D eigenvalue weighted by molar-refractivity contribution is 0.0913. The van der Waals surface area contributed by atoms with E-state index in [-0.39, 0.29) is 11.9 Å². The fraction of sp³-hybridized carbons (Fsp3) is 0.591. The lowest BCUT2D eigenvalue weighted by Crippen LogP contribution is -2.50. The molecule has 1 saturated carbocycles. The minimum atomic E-state index is 0.108. The van der Waals surface area contributed by atoms with Crippen molar-refractivity contribution in [3.8, 4) is 0 Å². The average Bonchev–Trinajstić information content (AvgIpc) is 3.39. The lowest BCUT2D eigenvalue weighted by Gasteiger charge is -2.35. The Morgan fingerprint density at radius 3 is 2.74 bits per heavy atom. The number of thiophene rings is 1. The summed E-state index contributed by atoms with van der Waals surface area (Å²) in [7, 11) is 0. The maximum Gasteiger partial charge on any atom is 0.261 e. The van der Waals surface area contributed by atoms with Gasteiger partial charge in [0.05, 0.1) is 4.88 Å². The molecule has 2 bridgehead atoms. The molecule has 0 spiro atoms. The third-order valence-electron chi connectivity index (χ3n) is 7.01. The molecule has 0 radical (unpaired) electrons. The smallest absolute Gasteiger partial charge is 0.261 e. The van der Waals surface area contributed by atoms with Crippen molar-refractivity contribution in [1.29, 1.82) is 0 Å². The Morgan fingerprint density at radius 1 is 1.19 bits per heavy atom. The minimum absolute atomic E-state index is 0.108. The predicted molar refractivity (Wildman–Crippen MR) is 111 cm³/mol. The van der Waals surface area contributed by atoms with E-state index >= 15 is 0 Å². The maximum atomic E-state index is 13.1. The summed E-state index contributed by atoms with van der Waals surface area (Å²) in [5, 5.41) is 11.9. The van der Waals surface area contributed by atoms with Gasteiger partial charge in [0.1, 0.15) is 0 Å². The number of piperidine rings is 1. The van der Waals surface area contributed by atoms with Gasteiger partial charge in [-0.1, -0.05) is 18.2 Å². The molecule has 1 aromatic heterocycles. The van der Waals surface area contributed by atoms with Gasteiger partial charge in [-0.05, 0) is 87.0 Å². The molecule has 3 aliphatic rings. The predicted octanol–water partition coefficient (Wildman–Crippen LogP) is 3.39. The first-order valence-electron chi connectivity index (χ1n) is 10.5. The van der Waals surface area contributed by atoms with Gasteiger partial charge in [-0.2, -0.15) is 0 Å². The first kappa shape index (κ1) is 17.7. The first-order valence-corrected chi connectivity index (χ1v) is 11.3. The van der Waals surface area contributed by atoms with E-state index < -0.39 is 0 Å². The van der Waals surface area contributed by atoms with Crippen LogP contribution in [-0.2, 0) is 0 Å². The van der Waals surface area contributed by atoms with Crippen LogP contribution < -0.4 is 16.0 Å². The molecule has 1 amide bonds. The van der Waals surface area contributed by atoms with Crippen LogP contribution in [0.25, 0.3) is 10.1 Å². The Morgan fingerprint density at radius 2 is 2.00 bits per heavy atom. The van der Waals surface area contributed by atoms with E-state index in [1.807, 2.05) is 18.2 Å². The van der Waals surface area contributed by atoms with E-state index in [1.165, 1.54) is 35.8 Å². The summed E-state index contributed by atoms with van der Waals surface area (Å²) in [6, 6.07) is 11.0. The molecular weight excluding hydrogens is 354 g/mol. The third kappa shape index (κ3) is 3.53. The Balaban J connectivity index is 1.33. The summed E-state index contributed by atoms with van der Waals surface area (Å²) in [6.07, 6.45) is 6.25. The second-order valence-electron chi connectivity index (χ2n) is 8.59. The van der Waals surface area contributed by atoms with Crippen LogP contribution in [0.3, 0.4) is 0 Å². The van der Waals surface area contributed by atoms with Crippen molar-refractivity contribution in [1.82, 2.24) is 16.0 Å². The van der Waals surface area contributed by atoms with Gasteiger partial charge >= 0.3 is 0 Å². The highest BCUT2D eigenvalue weighted by Gasteiger charge is 2.41. The van der Waals surface area contributed by atoms with Crippen LogP contribution >= 0.6 is 11.3 Å². The fourth-order valence-electron chi connectivity index (χ4n) is 5.59. The van der Waals surface area contributed by atoms with Crippen LogP contribution in [0.15, 0.2) is 30.3 Å². The molecular formula is C22H29N3OS. The summed E-state index contributed by atoms with van der Waals surface area (Å²) in [5.74, 6) is 2.47. The number of amides is 1. The molecule has 3 fully saturated rings. The van der Waals surface area contributed by atoms with Crippen LogP contribution in [-0.4, -0.2) is 37.6 Å². The van der Waals surface area contributed by atoms with Gasteiger partial charge in [0.2, 0.25) is 0 Å². The Labute approximate surface area is 165 Å². The molecule has 2 aliphatic heterocycles. The topological polar surface area (TPSA) is 53.2 Å². The molecule has 4 nitrogen and oxygen atoms in total. The minimum Gasteiger partial charge on any atom is -0.347 e. The molecule has 2 saturated heterocycles. The molecule has 4 atom stereocenters. The molecule has 4 unspecified atom stereocenters. The second kappa shape index (κ2) is 7.53. The number of hydrogen-bond donors (Lipinski definition) is 3. The monoisotopic (exact) mass is 383 g/mol. The van der Waals surface area contributed by atoms with Crippen LogP contribution in [0.4, 0.5) is 0 Å².